The van der Waals surface area contributed by atoms with Crippen LogP contribution in [0.4, 0.5) is 0 Å². The summed E-state index contributed by atoms with van der Waals surface area (Å²) in [4.78, 5) is 32.6. The molecule has 0 heterocycles. The number of rotatable bonds is 5. The van der Waals surface area contributed by atoms with Gasteiger partial charge in [0.1, 0.15) is 0 Å². The van der Waals surface area contributed by atoms with Gasteiger partial charge in [-0.2, -0.15) is 0 Å². The fraction of sp³-hybridized carbons (Fsp3) is 0.182. The van der Waals surface area contributed by atoms with Gasteiger partial charge in [0.15, 0.2) is 15.6 Å². The first-order valence-electron chi connectivity index (χ1n) is 4.81. The zero-order chi connectivity index (χ0) is 13.9. The van der Waals surface area contributed by atoms with Gasteiger partial charge in [-0.3, -0.25) is 9.59 Å². The van der Waals surface area contributed by atoms with E-state index in [1.165, 1.54) is 24.3 Å². The quantitative estimate of drug-likeness (QED) is 0.469. The van der Waals surface area contributed by atoms with Crippen LogP contribution in [0, 0.1) is 0 Å². The number of carboxylic acids is 1. The predicted molar refractivity (Wildman–Crippen MR) is 61.1 cm³/mol. The van der Waals surface area contributed by atoms with Gasteiger partial charge in [0.2, 0.25) is 5.78 Å². The average Bonchev–Trinajstić information content (AvgIpc) is 2.27. The van der Waals surface area contributed by atoms with E-state index in [9.17, 15) is 22.8 Å². The molecule has 0 saturated heterocycles. The fourth-order valence-electron chi connectivity index (χ4n) is 1.21. The molecule has 0 amide bonds. The molecule has 0 bridgehead atoms. The molecule has 0 aliphatic heterocycles. The Morgan fingerprint density at radius 2 is 1.61 bits per heavy atom. The van der Waals surface area contributed by atoms with Crippen molar-refractivity contribution in [1.82, 2.24) is 0 Å². The second-order valence-electron chi connectivity index (χ2n) is 3.62. The van der Waals surface area contributed by atoms with Gasteiger partial charge in [-0.15, -0.1) is 0 Å². The minimum atomic E-state index is -3.35. The highest BCUT2D eigenvalue weighted by Crippen LogP contribution is 2.11. The minimum Gasteiger partial charge on any atom is -0.475 e. The molecule has 1 aromatic rings. The van der Waals surface area contributed by atoms with E-state index in [0.29, 0.717) is 0 Å². The Bertz CT molecular complexity index is 597. The van der Waals surface area contributed by atoms with Crippen molar-refractivity contribution in [3.63, 3.8) is 0 Å². The molecular formula is C11H10O6S. The molecule has 0 spiro atoms. The number of Topliss-reactive ketones (excluding diaryl/α,β-unsaturated/α-hetero) is 2. The lowest BCUT2D eigenvalue weighted by Crippen LogP contribution is -2.17. The summed E-state index contributed by atoms with van der Waals surface area (Å²) in [5.74, 6) is -3.54. The lowest BCUT2D eigenvalue weighted by atomic mass is 10.1. The van der Waals surface area contributed by atoms with Crippen molar-refractivity contribution in [3.05, 3.63) is 29.8 Å². The Balaban J connectivity index is 2.90. The van der Waals surface area contributed by atoms with Crippen LogP contribution in [-0.4, -0.2) is 37.3 Å². The molecule has 1 aromatic carbocycles. The first-order chi connectivity index (χ1) is 8.21. The molecule has 6 nitrogen and oxygen atoms in total. The van der Waals surface area contributed by atoms with E-state index >= 15 is 0 Å². The van der Waals surface area contributed by atoms with Gasteiger partial charge in [-0.1, -0.05) is 12.1 Å². The number of sulfone groups is 1. The molecule has 0 saturated carbocycles. The highest BCUT2D eigenvalue weighted by atomic mass is 32.2. The Kier molecular flexibility index (Phi) is 3.97. The smallest absolute Gasteiger partial charge is 0.372 e. The zero-order valence-electron chi connectivity index (χ0n) is 9.41. The molecule has 0 aromatic heterocycles. The van der Waals surface area contributed by atoms with Crippen LogP contribution in [0.3, 0.4) is 0 Å². The predicted octanol–water partition coefficient (Wildman–Crippen LogP) is 0.317. The molecule has 96 valence electrons. The Morgan fingerprint density at radius 1 is 1.11 bits per heavy atom. The van der Waals surface area contributed by atoms with Crippen molar-refractivity contribution in [2.75, 3.05) is 6.26 Å². The number of hydrogen-bond acceptors (Lipinski definition) is 5. The maximum absolute atomic E-state index is 11.5. The maximum Gasteiger partial charge on any atom is 0.372 e. The first-order valence-corrected chi connectivity index (χ1v) is 6.70. The number of carbonyl (C=O) groups is 3. The second-order valence-corrected chi connectivity index (χ2v) is 5.64. The van der Waals surface area contributed by atoms with Crippen LogP contribution in [-0.2, 0) is 19.4 Å². The number of hydrogen-bond donors (Lipinski definition) is 1. The van der Waals surface area contributed by atoms with Gasteiger partial charge in [-0.25, -0.2) is 13.2 Å². The van der Waals surface area contributed by atoms with Crippen molar-refractivity contribution >= 4 is 27.4 Å². The number of carboxylic acid groups (broad SMARTS) is 1. The standard InChI is InChI=1S/C11H10O6S/c1-18(16,17)8-4-2-7(3-5-8)9(12)6-10(13)11(14)15/h2-5H,6H2,1H3,(H,14,15). The Hall–Kier alpha value is -2.02. The first kappa shape index (κ1) is 14.0. The monoisotopic (exact) mass is 270 g/mol. The van der Waals surface area contributed by atoms with Crippen LogP contribution in [0.25, 0.3) is 0 Å². The van der Waals surface area contributed by atoms with E-state index < -0.39 is 33.8 Å². The second kappa shape index (κ2) is 5.09. The molecule has 1 rings (SSSR count). The summed E-state index contributed by atoms with van der Waals surface area (Å²) in [5, 5.41) is 8.35. The summed E-state index contributed by atoms with van der Waals surface area (Å²) in [6.07, 6.45) is 0.283. The summed E-state index contributed by atoms with van der Waals surface area (Å²) in [6, 6.07) is 4.95. The zero-order valence-corrected chi connectivity index (χ0v) is 10.2. The lowest BCUT2D eigenvalue weighted by molar-refractivity contribution is -0.148. The van der Waals surface area contributed by atoms with E-state index in [2.05, 4.69) is 0 Å². The highest BCUT2D eigenvalue weighted by Gasteiger charge is 2.18. The van der Waals surface area contributed by atoms with Gasteiger partial charge >= 0.3 is 5.97 Å². The summed E-state index contributed by atoms with van der Waals surface area (Å²) >= 11 is 0. The third-order valence-electron chi connectivity index (χ3n) is 2.16. The third-order valence-corrected chi connectivity index (χ3v) is 3.29. The van der Waals surface area contributed by atoms with Gasteiger partial charge in [0.25, 0.3) is 0 Å². The molecule has 18 heavy (non-hydrogen) atoms. The van der Waals surface area contributed by atoms with Gasteiger partial charge in [0.05, 0.1) is 11.3 Å². The fourth-order valence-corrected chi connectivity index (χ4v) is 1.84. The van der Waals surface area contributed by atoms with Crippen LogP contribution in [0.2, 0.25) is 0 Å². The van der Waals surface area contributed by atoms with E-state index in [0.717, 1.165) is 6.26 Å². The van der Waals surface area contributed by atoms with E-state index in [-0.39, 0.29) is 10.5 Å². The molecule has 1 N–H and O–H groups in total. The van der Waals surface area contributed by atoms with E-state index in [1.807, 2.05) is 0 Å². The van der Waals surface area contributed by atoms with Gasteiger partial charge in [0, 0.05) is 11.8 Å². The summed E-state index contributed by atoms with van der Waals surface area (Å²) < 4.78 is 22.3. The molecule has 0 unspecified atom stereocenters. The van der Waals surface area contributed by atoms with Crippen molar-refractivity contribution in [1.29, 1.82) is 0 Å². The number of aliphatic carboxylic acids is 1. The van der Waals surface area contributed by atoms with Crippen molar-refractivity contribution in [2.45, 2.75) is 11.3 Å². The molecule has 0 atom stereocenters. The lowest BCUT2D eigenvalue weighted by Gasteiger charge is -2.01. The van der Waals surface area contributed by atoms with Crippen LogP contribution in [0.5, 0.6) is 0 Å². The molecule has 0 fully saturated rings. The highest BCUT2D eigenvalue weighted by molar-refractivity contribution is 7.90. The summed E-state index contributed by atoms with van der Waals surface area (Å²) in [6.45, 7) is 0. The maximum atomic E-state index is 11.5. The number of benzene rings is 1. The van der Waals surface area contributed by atoms with Gasteiger partial charge in [-0.05, 0) is 12.1 Å². The number of ketones is 2. The largest absolute Gasteiger partial charge is 0.475 e. The molecule has 7 heteroatoms. The van der Waals surface area contributed by atoms with E-state index in [4.69, 9.17) is 5.11 Å². The molecule has 0 aliphatic rings. The van der Waals surface area contributed by atoms with Crippen LogP contribution < -0.4 is 0 Å². The van der Waals surface area contributed by atoms with Crippen molar-refractivity contribution < 1.29 is 27.9 Å². The number of carbonyl (C=O) groups excluding carboxylic acids is 2. The van der Waals surface area contributed by atoms with Crippen LogP contribution in [0.15, 0.2) is 29.2 Å². The van der Waals surface area contributed by atoms with Crippen LogP contribution >= 0.6 is 0 Å². The Labute approximate surface area is 103 Å². The normalized spacial score (nSPS) is 10.9. The average molecular weight is 270 g/mol. The SMILES string of the molecule is CS(=O)(=O)c1ccc(C(=O)CC(=O)C(=O)O)cc1. The molecule has 0 aliphatic carbocycles. The summed E-state index contributed by atoms with van der Waals surface area (Å²) in [7, 11) is -3.35. The van der Waals surface area contributed by atoms with Crippen molar-refractivity contribution in [3.8, 4) is 0 Å². The molecule has 0 radical (unpaired) electrons. The summed E-state index contributed by atoms with van der Waals surface area (Å²) in [5.41, 5.74) is 0.0944. The Morgan fingerprint density at radius 3 is 2.00 bits per heavy atom. The van der Waals surface area contributed by atoms with Crippen molar-refractivity contribution in [2.24, 2.45) is 0 Å². The van der Waals surface area contributed by atoms with Crippen LogP contribution in [0.1, 0.15) is 16.8 Å². The van der Waals surface area contributed by atoms with Gasteiger partial charge < -0.3 is 5.11 Å². The third kappa shape index (κ3) is 3.49. The van der Waals surface area contributed by atoms with E-state index in [1.54, 1.807) is 0 Å². The topological polar surface area (TPSA) is 106 Å². The minimum absolute atomic E-state index is 0.0450. The molecular weight excluding hydrogens is 260 g/mol.